The van der Waals surface area contributed by atoms with E-state index in [1.165, 1.54) is 32.0 Å². The molecule has 0 aromatic heterocycles. The highest BCUT2D eigenvalue weighted by Crippen LogP contribution is 2.28. The molecule has 0 saturated carbocycles. The third kappa shape index (κ3) is 5.76. The second-order valence-corrected chi connectivity index (χ2v) is 8.88. The maximum Gasteiger partial charge on any atom is 0.408 e. The van der Waals surface area contributed by atoms with E-state index >= 15 is 0 Å². The molecule has 0 aliphatic rings. The second kappa shape index (κ2) is 8.49. The van der Waals surface area contributed by atoms with Gasteiger partial charge >= 0.3 is 6.18 Å². The van der Waals surface area contributed by atoms with Gasteiger partial charge in [-0.1, -0.05) is 40.9 Å². The van der Waals surface area contributed by atoms with Gasteiger partial charge in [-0.15, -0.1) is 0 Å². The highest BCUT2D eigenvalue weighted by Gasteiger charge is 2.43. The van der Waals surface area contributed by atoms with Crippen molar-refractivity contribution in [3.63, 3.8) is 0 Å². The van der Waals surface area contributed by atoms with Crippen LogP contribution in [0.25, 0.3) is 0 Å². The molecule has 0 amide bonds. The van der Waals surface area contributed by atoms with E-state index in [-0.39, 0.29) is 20.7 Å². The zero-order chi connectivity index (χ0) is 21.3. The summed E-state index contributed by atoms with van der Waals surface area (Å²) in [4.78, 5) is -0.182. The molecule has 0 bridgehead atoms. The first-order valence-corrected chi connectivity index (χ1v) is 10.3. The van der Waals surface area contributed by atoms with Gasteiger partial charge in [0, 0.05) is 10.0 Å². The van der Waals surface area contributed by atoms with E-state index in [9.17, 15) is 21.6 Å². The Morgan fingerprint density at radius 3 is 1.96 bits per heavy atom. The normalized spacial score (nSPS) is 13.4. The SMILES string of the molecule is Cc1cc(C)c(S(=O)(=O)NC(COc2cc(Cl)cc(Cl)c2)C(F)(F)F)c(C)c1. The molecule has 154 valence electrons. The maximum atomic E-state index is 13.4. The summed E-state index contributed by atoms with van der Waals surface area (Å²) in [5.74, 6) is -0.00588. The largest absolute Gasteiger partial charge is 0.491 e. The van der Waals surface area contributed by atoms with Gasteiger partial charge in [0.25, 0.3) is 0 Å². The Balaban J connectivity index is 2.29. The predicted octanol–water partition coefficient (Wildman–Crippen LogP) is 5.21. The minimum absolute atomic E-state index is 0.00588. The van der Waals surface area contributed by atoms with E-state index in [4.69, 9.17) is 27.9 Å². The molecule has 2 aromatic carbocycles. The lowest BCUT2D eigenvalue weighted by Gasteiger charge is -2.23. The molecule has 0 saturated heterocycles. The zero-order valence-electron chi connectivity index (χ0n) is 15.2. The summed E-state index contributed by atoms with van der Waals surface area (Å²) in [7, 11) is -4.44. The Hall–Kier alpha value is -1.48. The first kappa shape index (κ1) is 22.8. The quantitative estimate of drug-likeness (QED) is 0.650. The van der Waals surface area contributed by atoms with E-state index in [1.807, 2.05) is 0 Å². The molecule has 0 aliphatic carbocycles. The van der Waals surface area contributed by atoms with Crippen LogP contribution in [-0.4, -0.2) is 27.2 Å². The van der Waals surface area contributed by atoms with Crippen molar-refractivity contribution in [2.24, 2.45) is 0 Å². The van der Waals surface area contributed by atoms with Crippen LogP contribution in [0.1, 0.15) is 16.7 Å². The van der Waals surface area contributed by atoms with E-state index < -0.39 is 28.8 Å². The van der Waals surface area contributed by atoms with Crippen molar-refractivity contribution < 1.29 is 26.3 Å². The third-order valence-electron chi connectivity index (χ3n) is 3.82. The van der Waals surface area contributed by atoms with Crippen LogP contribution in [0.5, 0.6) is 5.75 Å². The molecule has 28 heavy (non-hydrogen) atoms. The van der Waals surface area contributed by atoms with Gasteiger partial charge in [-0.2, -0.15) is 17.9 Å². The molecule has 10 heteroatoms. The molecule has 0 heterocycles. The van der Waals surface area contributed by atoms with E-state index in [2.05, 4.69) is 0 Å². The third-order valence-corrected chi connectivity index (χ3v) is 6.03. The smallest absolute Gasteiger partial charge is 0.408 e. The van der Waals surface area contributed by atoms with Gasteiger partial charge in [0.15, 0.2) is 6.04 Å². The summed E-state index contributed by atoms with van der Waals surface area (Å²) in [5, 5.41) is 0.357. The maximum absolute atomic E-state index is 13.4. The number of ether oxygens (including phenoxy) is 1. The number of benzene rings is 2. The molecule has 4 nitrogen and oxygen atoms in total. The fourth-order valence-corrected chi connectivity index (χ4v) is 4.99. The highest BCUT2D eigenvalue weighted by atomic mass is 35.5. The summed E-state index contributed by atoms with van der Waals surface area (Å²) in [6.45, 7) is 3.85. The van der Waals surface area contributed by atoms with E-state index in [1.54, 1.807) is 23.8 Å². The van der Waals surface area contributed by atoms with Crippen LogP contribution in [0.15, 0.2) is 35.2 Å². The van der Waals surface area contributed by atoms with Gasteiger partial charge in [0.05, 0.1) is 4.90 Å². The van der Waals surface area contributed by atoms with Gasteiger partial charge in [-0.05, 0) is 50.1 Å². The second-order valence-electron chi connectivity index (χ2n) is 6.36. The van der Waals surface area contributed by atoms with Crippen LogP contribution in [0.2, 0.25) is 10.0 Å². The topological polar surface area (TPSA) is 55.4 Å². The molecule has 2 rings (SSSR count). The summed E-state index contributed by atoms with van der Waals surface area (Å²) in [5.41, 5.74) is 1.52. The van der Waals surface area contributed by atoms with Crippen molar-refractivity contribution in [1.29, 1.82) is 0 Å². The van der Waals surface area contributed by atoms with Gasteiger partial charge in [-0.3, -0.25) is 0 Å². The van der Waals surface area contributed by atoms with Crippen molar-refractivity contribution in [3.8, 4) is 5.75 Å². The van der Waals surface area contributed by atoms with Crippen LogP contribution < -0.4 is 9.46 Å². The van der Waals surface area contributed by atoms with Crippen molar-refractivity contribution in [2.75, 3.05) is 6.61 Å². The summed E-state index contributed by atoms with van der Waals surface area (Å²) >= 11 is 11.6. The number of alkyl halides is 3. The van der Waals surface area contributed by atoms with Crippen molar-refractivity contribution in [3.05, 3.63) is 57.1 Å². The van der Waals surface area contributed by atoms with Crippen LogP contribution in [0, 0.1) is 20.8 Å². The average molecular weight is 456 g/mol. The molecular weight excluding hydrogens is 438 g/mol. The molecule has 0 spiro atoms. The molecule has 0 fully saturated rings. The summed E-state index contributed by atoms with van der Waals surface area (Å²) in [6, 6.07) is 4.68. The Bertz CT molecular complexity index is 935. The fraction of sp³-hybridized carbons (Fsp3) is 0.333. The molecule has 1 N–H and O–H groups in total. The lowest BCUT2D eigenvalue weighted by atomic mass is 10.1. The number of aryl methyl sites for hydroxylation is 3. The monoisotopic (exact) mass is 455 g/mol. The number of hydrogen-bond donors (Lipinski definition) is 1. The number of rotatable bonds is 6. The fourth-order valence-electron chi connectivity index (χ4n) is 2.82. The lowest BCUT2D eigenvalue weighted by molar-refractivity contribution is -0.157. The van der Waals surface area contributed by atoms with E-state index in [0.717, 1.165) is 5.56 Å². The summed E-state index contributed by atoms with van der Waals surface area (Å²) < 4.78 is 72.4. The van der Waals surface area contributed by atoms with Gasteiger partial charge in [0.1, 0.15) is 12.4 Å². The van der Waals surface area contributed by atoms with Crippen LogP contribution in [0.3, 0.4) is 0 Å². The first-order valence-electron chi connectivity index (χ1n) is 8.05. The molecule has 2 aromatic rings. The van der Waals surface area contributed by atoms with Crippen molar-refractivity contribution in [1.82, 2.24) is 4.72 Å². The Labute approximate surface area is 171 Å². The molecule has 1 atom stereocenters. The molecular formula is C18H18Cl2F3NO3S. The van der Waals surface area contributed by atoms with E-state index in [0.29, 0.717) is 11.1 Å². The zero-order valence-corrected chi connectivity index (χ0v) is 17.5. The van der Waals surface area contributed by atoms with Crippen LogP contribution in [-0.2, 0) is 10.0 Å². The Kier molecular flexibility index (Phi) is 6.91. The molecule has 0 radical (unpaired) electrons. The standard InChI is InChI=1S/C18H18Cl2F3NO3S/c1-10-4-11(2)17(12(3)5-10)28(25,26)24-16(18(21,22)23)9-27-15-7-13(19)6-14(20)8-15/h4-8,16,24H,9H2,1-3H3. The minimum atomic E-state index is -4.87. The Morgan fingerprint density at radius 2 is 1.50 bits per heavy atom. The number of halogens is 5. The van der Waals surface area contributed by atoms with Gasteiger partial charge < -0.3 is 4.74 Å². The Morgan fingerprint density at radius 1 is 1.00 bits per heavy atom. The average Bonchev–Trinajstić information content (AvgIpc) is 2.47. The van der Waals surface area contributed by atoms with Gasteiger partial charge in [-0.25, -0.2) is 8.42 Å². The number of nitrogens with one attached hydrogen (secondary N) is 1. The number of sulfonamides is 1. The number of hydrogen-bond acceptors (Lipinski definition) is 3. The summed E-state index contributed by atoms with van der Waals surface area (Å²) in [6.07, 6.45) is -4.87. The van der Waals surface area contributed by atoms with Crippen LogP contribution in [0.4, 0.5) is 13.2 Å². The minimum Gasteiger partial charge on any atom is -0.491 e. The van der Waals surface area contributed by atoms with Crippen LogP contribution >= 0.6 is 23.2 Å². The van der Waals surface area contributed by atoms with Crippen molar-refractivity contribution >= 4 is 33.2 Å². The lowest BCUT2D eigenvalue weighted by Crippen LogP contribution is -2.49. The van der Waals surface area contributed by atoms with Gasteiger partial charge in [0.2, 0.25) is 10.0 Å². The van der Waals surface area contributed by atoms with Crippen molar-refractivity contribution in [2.45, 2.75) is 37.9 Å². The highest BCUT2D eigenvalue weighted by molar-refractivity contribution is 7.89. The molecule has 0 aliphatic heterocycles. The first-order chi connectivity index (χ1) is 12.8. The molecule has 1 unspecified atom stereocenters. The predicted molar refractivity (Wildman–Crippen MR) is 103 cm³/mol.